The minimum atomic E-state index is -0.117. The van der Waals surface area contributed by atoms with E-state index >= 15 is 0 Å². The molecule has 4 heterocycles. The van der Waals surface area contributed by atoms with Crippen LogP contribution in [0.3, 0.4) is 0 Å². The van der Waals surface area contributed by atoms with Gasteiger partial charge in [0, 0.05) is 44.7 Å². The third-order valence-electron chi connectivity index (χ3n) is 16.9. The summed E-state index contributed by atoms with van der Waals surface area (Å²) in [4.78, 5) is 2.86. The molecule has 3 heteroatoms. The lowest BCUT2D eigenvalue weighted by molar-refractivity contribution is 0.0926. The first-order valence-electron chi connectivity index (χ1n) is 21.2. The molecule has 13 rings (SSSR count). The minimum Gasteiger partial charge on any atom is -0.334 e. The molecule has 3 aliphatic heterocycles. The predicted octanol–water partition coefficient (Wildman–Crippen LogP) is 10.7. The van der Waals surface area contributed by atoms with Gasteiger partial charge in [0.05, 0.1) is 11.1 Å². The van der Waals surface area contributed by atoms with Crippen molar-refractivity contribution in [3.05, 3.63) is 155 Å². The fraction of sp³-hybridized carbons (Fsp3) is 0.308. The number of aromatic nitrogens is 1. The monoisotopic (exact) mass is 710 g/mol. The van der Waals surface area contributed by atoms with Gasteiger partial charge in [-0.25, -0.2) is 0 Å². The highest BCUT2D eigenvalue weighted by Crippen LogP contribution is 2.68. The molecule has 0 saturated heterocycles. The first-order valence-corrected chi connectivity index (χ1v) is 21.2. The summed E-state index contributed by atoms with van der Waals surface area (Å²) < 4.78 is 2.70. The van der Waals surface area contributed by atoms with Crippen LogP contribution in [0.25, 0.3) is 27.5 Å². The highest BCUT2D eigenvalue weighted by atomic mass is 15.3. The lowest BCUT2D eigenvalue weighted by Gasteiger charge is -2.53. The Kier molecular flexibility index (Phi) is 5.81. The molecular formula is C52H47BN2. The highest BCUT2D eigenvalue weighted by molar-refractivity contribution is 6.99. The smallest absolute Gasteiger partial charge is 0.247 e. The second-order valence-corrected chi connectivity index (χ2v) is 18.8. The van der Waals surface area contributed by atoms with E-state index in [1.807, 2.05) is 0 Å². The second-order valence-electron chi connectivity index (χ2n) is 18.8. The molecule has 1 aromatic heterocycles. The number of para-hydroxylation sites is 3. The first kappa shape index (κ1) is 31.2. The standard InChI is InChI=1S/C52H47BN2/c1-49-27-11-12-28-50(49,2)46-37-31-34(55-43-26-10-8-21-38(43)52(33-17-5-4-6-18-33)30-14-13-29-51(52,55)3)32-44-47(37)53(40-23-16-22-39(49)45(40)46)41-24-15-20-36-35-19-7-9-25-42(35)54(44)48(36)41/h4-10,15-26,31-32,46H,11-14,27-30H2,1-3H3. The van der Waals surface area contributed by atoms with Crippen molar-refractivity contribution in [1.82, 2.24) is 4.57 Å². The molecule has 6 aromatic carbocycles. The van der Waals surface area contributed by atoms with Crippen LogP contribution >= 0.6 is 0 Å². The van der Waals surface area contributed by atoms with Crippen molar-refractivity contribution in [3.63, 3.8) is 0 Å². The highest BCUT2D eigenvalue weighted by Gasteiger charge is 2.64. The van der Waals surface area contributed by atoms with Crippen LogP contribution in [-0.2, 0) is 10.8 Å². The van der Waals surface area contributed by atoms with Crippen molar-refractivity contribution >= 4 is 56.3 Å². The van der Waals surface area contributed by atoms with Crippen molar-refractivity contribution in [1.29, 1.82) is 0 Å². The Bertz CT molecular complexity index is 2810. The van der Waals surface area contributed by atoms with Crippen LogP contribution in [0.2, 0.25) is 0 Å². The SMILES string of the molecule is CC12CCCCC1(C)C1c3cc(N4c5ccccc5C5(c6ccccc6)CCCCC45C)cc4c3B(c3cccc2c31)c1cccc2c3ccccc3n-4c12. The predicted molar refractivity (Wildman–Crippen MR) is 230 cm³/mol. The van der Waals surface area contributed by atoms with Gasteiger partial charge in [0.2, 0.25) is 6.71 Å². The number of hydrogen-bond donors (Lipinski definition) is 0. The summed E-state index contributed by atoms with van der Waals surface area (Å²) in [5.41, 5.74) is 19.5. The average molecular weight is 711 g/mol. The summed E-state index contributed by atoms with van der Waals surface area (Å²) in [6.07, 6.45) is 10.0. The number of nitrogens with zero attached hydrogens (tertiary/aromatic N) is 2. The van der Waals surface area contributed by atoms with Gasteiger partial charge in [-0.2, -0.15) is 0 Å². The molecular weight excluding hydrogens is 663 g/mol. The Morgan fingerprint density at radius 1 is 0.600 bits per heavy atom. The maximum absolute atomic E-state index is 2.86. The van der Waals surface area contributed by atoms with Gasteiger partial charge in [-0.3, -0.25) is 0 Å². The molecule has 0 spiro atoms. The molecule has 0 bridgehead atoms. The fourth-order valence-corrected chi connectivity index (χ4v) is 14.5. The van der Waals surface area contributed by atoms with Crippen LogP contribution in [0, 0.1) is 5.41 Å². The van der Waals surface area contributed by atoms with Gasteiger partial charge >= 0.3 is 0 Å². The van der Waals surface area contributed by atoms with Crippen LogP contribution in [0.5, 0.6) is 0 Å². The average Bonchev–Trinajstić information content (AvgIpc) is 3.76. The third-order valence-corrected chi connectivity index (χ3v) is 16.9. The Morgan fingerprint density at radius 2 is 1.31 bits per heavy atom. The van der Waals surface area contributed by atoms with Gasteiger partial charge in [-0.15, -0.1) is 0 Å². The number of benzene rings is 6. The van der Waals surface area contributed by atoms with E-state index in [9.17, 15) is 0 Å². The Morgan fingerprint density at radius 3 is 2.22 bits per heavy atom. The normalized spacial score (nSPS) is 29.2. The maximum atomic E-state index is 2.86. The van der Waals surface area contributed by atoms with Gasteiger partial charge < -0.3 is 9.47 Å². The summed E-state index contributed by atoms with van der Waals surface area (Å²) in [5, 5.41) is 2.73. The molecule has 55 heavy (non-hydrogen) atoms. The van der Waals surface area contributed by atoms with Crippen LogP contribution in [-0.4, -0.2) is 16.8 Å². The Labute approximate surface area is 325 Å². The molecule has 5 unspecified atom stereocenters. The quantitative estimate of drug-likeness (QED) is 0.162. The molecule has 268 valence electrons. The van der Waals surface area contributed by atoms with E-state index in [1.165, 1.54) is 100 Å². The zero-order valence-electron chi connectivity index (χ0n) is 32.3. The van der Waals surface area contributed by atoms with E-state index in [-0.39, 0.29) is 28.5 Å². The number of hydrogen-bond acceptors (Lipinski definition) is 1. The second kappa shape index (κ2) is 10.2. The lowest BCUT2D eigenvalue weighted by atomic mass is 9.31. The van der Waals surface area contributed by atoms with E-state index in [0.29, 0.717) is 5.92 Å². The van der Waals surface area contributed by atoms with Crippen molar-refractivity contribution in [2.45, 2.75) is 94.4 Å². The van der Waals surface area contributed by atoms with Gasteiger partial charge in [-0.1, -0.05) is 148 Å². The van der Waals surface area contributed by atoms with E-state index < -0.39 is 0 Å². The summed E-state index contributed by atoms with van der Waals surface area (Å²) >= 11 is 0. The third kappa shape index (κ3) is 3.38. The molecule has 5 atom stereocenters. The zero-order valence-corrected chi connectivity index (χ0v) is 32.3. The number of fused-ring (bicyclic) bond motifs is 13. The maximum Gasteiger partial charge on any atom is 0.247 e. The lowest BCUT2D eigenvalue weighted by Crippen LogP contribution is -2.62. The zero-order chi connectivity index (χ0) is 36.5. The van der Waals surface area contributed by atoms with Crippen molar-refractivity contribution in [3.8, 4) is 5.69 Å². The van der Waals surface area contributed by atoms with Crippen LogP contribution < -0.4 is 21.3 Å². The van der Waals surface area contributed by atoms with Gasteiger partial charge in [-0.05, 0) is 106 Å². The first-order chi connectivity index (χ1) is 26.9. The van der Waals surface area contributed by atoms with Crippen molar-refractivity contribution in [2.75, 3.05) is 4.90 Å². The van der Waals surface area contributed by atoms with Crippen molar-refractivity contribution < 1.29 is 0 Å². The van der Waals surface area contributed by atoms with Gasteiger partial charge in [0.1, 0.15) is 0 Å². The molecule has 0 amide bonds. The molecule has 2 saturated carbocycles. The number of rotatable bonds is 2. The fourth-order valence-electron chi connectivity index (χ4n) is 14.5. The molecule has 2 fully saturated rings. The van der Waals surface area contributed by atoms with Gasteiger partial charge in [0.15, 0.2) is 0 Å². The molecule has 6 aliphatic rings. The number of anilines is 2. The minimum absolute atomic E-state index is 0.0835. The largest absolute Gasteiger partial charge is 0.334 e. The summed E-state index contributed by atoms with van der Waals surface area (Å²) in [7, 11) is 0. The topological polar surface area (TPSA) is 8.17 Å². The van der Waals surface area contributed by atoms with E-state index in [0.717, 1.165) is 6.42 Å². The van der Waals surface area contributed by atoms with Crippen LogP contribution in [0.1, 0.15) is 106 Å². The molecule has 3 aliphatic carbocycles. The molecule has 7 aromatic rings. The molecule has 0 radical (unpaired) electrons. The van der Waals surface area contributed by atoms with E-state index in [1.54, 1.807) is 27.6 Å². The molecule has 2 nitrogen and oxygen atoms in total. The summed E-state index contributed by atoms with van der Waals surface area (Å²) in [6, 6.07) is 50.3. The van der Waals surface area contributed by atoms with Crippen molar-refractivity contribution in [2.24, 2.45) is 5.41 Å². The Hall–Kier alpha value is -5.02. The van der Waals surface area contributed by atoms with E-state index in [4.69, 9.17) is 0 Å². The molecule has 0 N–H and O–H groups in total. The summed E-state index contributed by atoms with van der Waals surface area (Å²) in [6.45, 7) is 8.17. The van der Waals surface area contributed by atoms with Crippen LogP contribution in [0.4, 0.5) is 11.4 Å². The van der Waals surface area contributed by atoms with Gasteiger partial charge in [0.25, 0.3) is 0 Å². The van der Waals surface area contributed by atoms with E-state index in [2.05, 4.69) is 158 Å². The summed E-state index contributed by atoms with van der Waals surface area (Å²) in [5.74, 6) is 0.368. The Balaban J connectivity index is 1.18. The van der Waals surface area contributed by atoms with Crippen LogP contribution in [0.15, 0.2) is 127 Å².